The van der Waals surface area contributed by atoms with Crippen LogP contribution in [0.15, 0.2) is 28.5 Å². The smallest absolute Gasteiger partial charge is 0.360 e. The molecule has 2 N–H and O–H groups in total. The van der Waals surface area contributed by atoms with E-state index in [2.05, 4.69) is 20.4 Å². The number of nitrogens with zero attached hydrogens (tertiary/aromatic N) is 2. The van der Waals surface area contributed by atoms with Crippen LogP contribution in [0.1, 0.15) is 6.92 Å². The van der Waals surface area contributed by atoms with E-state index >= 15 is 0 Å². The number of hydrogen-bond donors (Lipinski definition) is 2. The van der Waals surface area contributed by atoms with E-state index in [1.807, 2.05) is 0 Å². The molecule has 0 saturated heterocycles. The zero-order valence-electron chi connectivity index (χ0n) is 9.93. The molecule has 19 heavy (non-hydrogen) atoms. The molecule has 0 amide bonds. The fourth-order valence-corrected chi connectivity index (χ4v) is 1.10. The molecule has 0 spiro atoms. The van der Waals surface area contributed by atoms with Gasteiger partial charge in [0.05, 0.1) is 12.3 Å². The summed E-state index contributed by atoms with van der Waals surface area (Å²) in [6, 6.07) is 3.42. The topological polar surface area (TPSA) is 83.3 Å². The second kappa shape index (κ2) is 7.04. The van der Waals surface area contributed by atoms with Crippen LogP contribution in [0, 0.1) is 11.6 Å². The van der Waals surface area contributed by atoms with Gasteiger partial charge in [-0.05, 0) is 19.1 Å². The Bertz CT molecular complexity index is 518. The highest BCUT2D eigenvalue weighted by atomic mass is 19.2. The van der Waals surface area contributed by atoms with Gasteiger partial charge in [0.25, 0.3) is 0 Å². The summed E-state index contributed by atoms with van der Waals surface area (Å²) in [5.41, 5.74) is 1.48. The highest BCUT2D eigenvalue weighted by Gasteiger charge is 2.12. The van der Waals surface area contributed by atoms with E-state index in [1.54, 1.807) is 6.92 Å². The lowest BCUT2D eigenvalue weighted by Crippen LogP contribution is -2.20. The highest BCUT2D eigenvalue weighted by Crippen LogP contribution is 2.16. The Balaban J connectivity index is 2.92. The quantitative estimate of drug-likeness (QED) is 0.370. The number of nitrogens with one attached hydrogen (secondary N) is 1. The number of ether oxygens (including phenoxy) is 1. The molecule has 0 unspecified atom stereocenters. The normalized spacial score (nSPS) is 11.6. The van der Waals surface area contributed by atoms with Crippen molar-refractivity contribution in [2.75, 3.05) is 12.0 Å². The number of rotatable bonds is 5. The molecule has 8 heteroatoms. The number of benzene rings is 1. The number of esters is 1. The molecule has 0 fully saturated rings. The van der Waals surface area contributed by atoms with Gasteiger partial charge in [0.15, 0.2) is 17.3 Å². The third kappa shape index (κ3) is 4.02. The summed E-state index contributed by atoms with van der Waals surface area (Å²) in [7, 11) is 0. The van der Waals surface area contributed by atoms with E-state index in [-0.39, 0.29) is 12.3 Å². The highest BCUT2D eigenvalue weighted by molar-refractivity contribution is 6.59. The summed E-state index contributed by atoms with van der Waals surface area (Å²) in [6.07, 6.45) is 0.711. The van der Waals surface area contributed by atoms with Gasteiger partial charge in [-0.1, -0.05) is 11.2 Å². The zero-order valence-corrected chi connectivity index (χ0v) is 9.93. The number of anilines is 1. The molecule has 0 radical (unpaired) electrons. The number of oxime groups is 1. The minimum Gasteiger partial charge on any atom is -0.461 e. The molecule has 1 aromatic rings. The Hall–Kier alpha value is -2.51. The molecule has 102 valence electrons. The standard InChI is InChI=1S/C11H11F2N3O3/c1-2-19-11(17)9(6-14-18)16-15-8-5-3-4-7(12)10(8)13/h3-6,15,18H,2H2,1H3/b14-6+,16-9+. The van der Waals surface area contributed by atoms with E-state index in [9.17, 15) is 13.6 Å². The number of hydrogen-bond acceptors (Lipinski definition) is 6. The number of hydrazone groups is 1. The van der Waals surface area contributed by atoms with Crippen molar-refractivity contribution < 1.29 is 23.5 Å². The summed E-state index contributed by atoms with van der Waals surface area (Å²) in [4.78, 5) is 11.3. The minimum absolute atomic E-state index is 0.0887. The third-order valence-corrected chi connectivity index (χ3v) is 1.91. The lowest BCUT2D eigenvalue weighted by Gasteiger charge is -2.04. The van der Waals surface area contributed by atoms with Crippen molar-refractivity contribution in [2.45, 2.75) is 6.92 Å². The van der Waals surface area contributed by atoms with Crippen molar-refractivity contribution in [1.29, 1.82) is 0 Å². The van der Waals surface area contributed by atoms with E-state index < -0.39 is 23.3 Å². The summed E-state index contributed by atoms with van der Waals surface area (Å²) in [5.74, 6) is -3.08. The summed E-state index contributed by atoms with van der Waals surface area (Å²) in [5, 5.41) is 14.5. The maximum absolute atomic E-state index is 13.3. The van der Waals surface area contributed by atoms with Crippen LogP contribution in [-0.2, 0) is 9.53 Å². The van der Waals surface area contributed by atoms with Crippen LogP contribution in [0.5, 0.6) is 0 Å². The van der Waals surface area contributed by atoms with Gasteiger partial charge >= 0.3 is 5.97 Å². The number of carbonyl (C=O) groups is 1. The Labute approximate surface area is 107 Å². The maximum Gasteiger partial charge on any atom is 0.360 e. The van der Waals surface area contributed by atoms with Gasteiger partial charge in [-0.3, -0.25) is 5.43 Å². The van der Waals surface area contributed by atoms with Gasteiger partial charge in [-0.15, -0.1) is 0 Å². The molecule has 0 aromatic heterocycles. The van der Waals surface area contributed by atoms with Crippen molar-refractivity contribution in [3.05, 3.63) is 29.8 Å². The largest absolute Gasteiger partial charge is 0.461 e. The first-order valence-corrected chi connectivity index (χ1v) is 5.22. The molecular formula is C11H11F2N3O3. The predicted octanol–water partition coefficient (Wildman–Crippen LogP) is 1.76. The first-order chi connectivity index (χ1) is 9.10. The van der Waals surface area contributed by atoms with Crippen molar-refractivity contribution in [1.82, 2.24) is 0 Å². The van der Waals surface area contributed by atoms with Crippen LogP contribution < -0.4 is 5.43 Å². The lowest BCUT2D eigenvalue weighted by molar-refractivity contribution is -0.134. The van der Waals surface area contributed by atoms with E-state index in [0.717, 1.165) is 6.07 Å². The third-order valence-electron chi connectivity index (χ3n) is 1.91. The molecule has 0 aliphatic heterocycles. The number of halogens is 2. The first-order valence-electron chi connectivity index (χ1n) is 5.22. The molecule has 0 aliphatic carbocycles. The summed E-state index contributed by atoms with van der Waals surface area (Å²) in [6.45, 7) is 1.66. The minimum atomic E-state index is -1.14. The monoisotopic (exact) mass is 271 g/mol. The van der Waals surface area contributed by atoms with Gasteiger partial charge < -0.3 is 9.94 Å². The Kier molecular flexibility index (Phi) is 5.39. The molecule has 6 nitrogen and oxygen atoms in total. The molecule has 0 aliphatic rings. The average molecular weight is 271 g/mol. The Morgan fingerprint density at radius 1 is 1.53 bits per heavy atom. The predicted molar refractivity (Wildman–Crippen MR) is 64.3 cm³/mol. The van der Waals surface area contributed by atoms with Crippen LogP contribution in [0.3, 0.4) is 0 Å². The maximum atomic E-state index is 13.3. The van der Waals surface area contributed by atoms with Crippen LogP contribution in [0.4, 0.5) is 14.5 Å². The molecular weight excluding hydrogens is 260 g/mol. The summed E-state index contributed by atoms with van der Waals surface area (Å²) >= 11 is 0. The fourth-order valence-electron chi connectivity index (χ4n) is 1.10. The second-order valence-electron chi connectivity index (χ2n) is 3.18. The van der Waals surface area contributed by atoms with E-state index in [0.29, 0.717) is 6.21 Å². The molecule has 0 saturated carbocycles. The SMILES string of the molecule is CCOC(=O)C(/C=N/O)=N/Nc1cccc(F)c1F. The fraction of sp³-hybridized carbons (Fsp3) is 0.182. The van der Waals surface area contributed by atoms with E-state index in [4.69, 9.17) is 5.21 Å². The van der Waals surface area contributed by atoms with Crippen LogP contribution in [0.2, 0.25) is 0 Å². The lowest BCUT2D eigenvalue weighted by atomic mass is 10.3. The van der Waals surface area contributed by atoms with Crippen molar-refractivity contribution >= 4 is 23.6 Å². The second-order valence-corrected chi connectivity index (χ2v) is 3.18. The molecule has 0 atom stereocenters. The van der Waals surface area contributed by atoms with Gasteiger partial charge in [-0.2, -0.15) is 5.10 Å². The Morgan fingerprint density at radius 2 is 2.26 bits per heavy atom. The van der Waals surface area contributed by atoms with Crippen molar-refractivity contribution in [2.24, 2.45) is 10.3 Å². The molecule has 1 rings (SSSR count). The van der Waals surface area contributed by atoms with Crippen LogP contribution >= 0.6 is 0 Å². The average Bonchev–Trinajstić information content (AvgIpc) is 2.39. The molecule has 1 aromatic carbocycles. The molecule has 0 bridgehead atoms. The van der Waals surface area contributed by atoms with Crippen molar-refractivity contribution in [3.63, 3.8) is 0 Å². The van der Waals surface area contributed by atoms with Gasteiger partial charge in [0.2, 0.25) is 0 Å². The number of carbonyl (C=O) groups excluding carboxylic acids is 1. The Morgan fingerprint density at radius 3 is 2.89 bits per heavy atom. The zero-order chi connectivity index (χ0) is 14.3. The van der Waals surface area contributed by atoms with Crippen molar-refractivity contribution in [3.8, 4) is 0 Å². The molecule has 0 heterocycles. The van der Waals surface area contributed by atoms with Gasteiger partial charge in [0, 0.05) is 0 Å². The van der Waals surface area contributed by atoms with E-state index in [1.165, 1.54) is 12.1 Å². The first kappa shape index (κ1) is 14.6. The van der Waals surface area contributed by atoms with Crippen LogP contribution in [0.25, 0.3) is 0 Å². The van der Waals surface area contributed by atoms with Gasteiger partial charge in [-0.25, -0.2) is 13.6 Å². The van der Waals surface area contributed by atoms with Gasteiger partial charge in [0.1, 0.15) is 6.21 Å². The van der Waals surface area contributed by atoms with Crippen LogP contribution in [-0.4, -0.2) is 29.7 Å². The summed E-state index contributed by atoms with van der Waals surface area (Å²) < 4.78 is 30.8.